The molecule has 3 nitrogen and oxygen atoms in total. The van der Waals surface area contributed by atoms with Gasteiger partial charge in [0.1, 0.15) is 5.82 Å². The highest BCUT2D eigenvalue weighted by molar-refractivity contribution is 9.10. The summed E-state index contributed by atoms with van der Waals surface area (Å²) in [4.78, 5) is 0. The predicted molar refractivity (Wildman–Crippen MR) is 71.1 cm³/mol. The number of nitrogens with zero attached hydrogens (tertiary/aromatic N) is 3. The average Bonchev–Trinajstić information content (AvgIpc) is 3.04. The summed E-state index contributed by atoms with van der Waals surface area (Å²) in [6.45, 7) is 0. The highest BCUT2D eigenvalue weighted by atomic mass is 79.9. The SMILES string of the molecule is Clc1ccc(-n2c(Cl)nnc2C2CC2)c(Br)c1. The van der Waals surface area contributed by atoms with E-state index < -0.39 is 0 Å². The number of halogens is 3. The summed E-state index contributed by atoms with van der Waals surface area (Å²) in [7, 11) is 0. The molecule has 2 aromatic rings. The number of hydrogen-bond donors (Lipinski definition) is 0. The van der Waals surface area contributed by atoms with E-state index in [0.717, 1.165) is 28.8 Å². The van der Waals surface area contributed by atoms with Crippen molar-refractivity contribution in [1.82, 2.24) is 14.8 Å². The molecule has 3 rings (SSSR count). The molecule has 0 radical (unpaired) electrons. The van der Waals surface area contributed by atoms with Crippen molar-refractivity contribution in [3.05, 3.63) is 38.8 Å². The lowest BCUT2D eigenvalue weighted by atomic mass is 10.3. The van der Waals surface area contributed by atoms with Gasteiger partial charge in [0, 0.05) is 15.4 Å². The maximum atomic E-state index is 6.10. The van der Waals surface area contributed by atoms with Crippen LogP contribution in [0.3, 0.4) is 0 Å². The maximum absolute atomic E-state index is 6.10. The molecular weight excluding hydrogens is 325 g/mol. The molecule has 1 aromatic carbocycles. The third kappa shape index (κ3) is 2.09. The minimum absolute atomic E-state index is 0.384. The van der Waals surface area contributed by atoms with Gasteiger partial charge in [0.15, 0.2) is 0 Å². The highest BCUT2D eigenvalue weighted by Crippen LogP contribution is 2.41. The number of benzene rings is 1. The zero-order valence-corrected chi connectivity index (χ0v) is 11.8. The topological polar surface area (TPSA) is 30.7 Å². The molecule has 17 heavy (non-hydrogen) atoms. The molecule has 1 aromatic heterocycles. The molecule has 0 aliphatic heterocycles. The lowest BCUT2D eigenvalue weighted by Gasteiger charge is -2.09. The fourth-order valence-corrected chi connectivity index (χ4v) is 2.84. The van der Waals surface area contributed by atoms with E-state index in [4.69, 9.17) is 23.2 Å². The normalized spacial score (nSPS) is 15.2. The van der Waals surface area contributed by atoms with Gasteiger partial charge < -0.3 is 0 Å². The van der Waals surface area contributed by atoms with Gasteiger partial charge in [-0.25, -0.2) is 0 Å². The fraction of sp³-hybridized carbons (Fsp3) is 0.273. The van der Waals surface area contributed by atoms with E-state index in [9.17, 15) is 0 Å². The smallest absolute Gasteiger partial charge is 0.229 e. The van der Waals surface area contributed by atoms with Crippen molar-refractivity contribution in [2.45, 2.75) is 18.8 Å². The number of aromatic nitrogens is 3. The third-order valence-corrected chi connectivity index (χ3v) is 3.86. The maximum Gasteiger partial charge on any atom is 0.229 e. The van der Waals surface area contributed by atoms with E-state index in [0.29, 0.717) is 16.2 Å². The zero-order valence-electron chi connectivity index (χ0n) is 8.70. The van der Waals surface area contributed by atoms with Crippen LogP contribution in [0.25, 0.3) is 5.69 Å². The second-order valence-electron chi connectivity index (χ2n) is 4.03. The van der Waals surface area contributed by atoms with Crippen LogP contribution in [0.2, 0.25) is 10.3 Å². The Labute approximate surface area is 117 Å². The molecule has 0 atom stereocenters. The van der Waals surface area contributed by atoms with Crippen LogP contribution in [-0.2, 0) is 0 Å². The quantitative estimate of drug-likeness (QED) is 0.824. The highest BCUT2D eigenvalue weighted by Gasteiger charge is 2.31. The monoisotopic (exact) mass is 331 g/mol. The van der Waals surface area contributed by atoms with Crippen molar-refractivity contribution in [2.24, 2.45) is 0 Å². The van der Waals surface area contributed by atoms with Gasteiger partial charge in [0.2, 0.25) is 5.28 Å². The third-order valence-electron chi connectivity index (χ3n) is 2.74. The van der Waals surface area contributed by atoms with Crippen molar-refractivity contribution in [3.63, 3.8) is 0 Å². The van der Waals surface area contributed by atoms with Gasteiger partial charge >= 0.3 is 0 Å². The Morgan fingerprint density at radius 1 is 1.24 bits per heavy atom. The van der Waals surface area contributed by atoms with Crippen molar-refractivity contribution in [1.29, 1.82) is 0 Å². The summed E-state index contributed by atoms with van der Waals surface area (Å²) in [5.41, 5.74) is 0.923. The summed E-state index contributed by atoms with van der Waals surface area (Å²) < 4.78 is 2.76. The zero-order chi connectivity index (χ0) is 12.0. The van der Waals surface area contributed by atoms with Gasteiger partial charge in [-0.3, -0.25) is 4.57 Å². The summed E-state index contributed by atoms with van der Waals surface area (Å²) >= 11 is 15.5. The Hall–Kier alpha value is -0.580. The van der Waals surface area contributed by atoms with E-state index in [-0.39, 0.29) is 0 Å². The number of rotatable bonds is 2. The summed E-state index contributed by atoms with van der Waals surface area (Å²) in [6.07, 6.45) is 2.31. The molecule has 0 spiro atoms. The summed E-state index contributed by atoms with van der Waals surface area (Å²) in [5, 5.41) is 9.15. The van der Waals surface area contributed by atoms with Crippen molar-refractivity contribution >= 4 is 39.1 Å². The minimum atomic E-state index is 0.384. The van der Waals surface area contributed by atoms with E-state index in [2.05, 4.69) is 26.1 Å². The fourth-order valence-electron chi connectivity index (χ4n) is 1.77. The molecule has 6 heteroatoms. The molecule has 0 bridgehead atoms. The van der Waals surface area contributed by atoms with Crippen LogP contribution < -0.4 is 0 Å². The molecule has 88 valence electrons. The van der Waals surface area contributed by atoms with Gasteiger partial charge in [-0.1, -0.05) is 11.6 Å². The summed E-state index contributed by atoms with van der Waals surface area (Å²) in [5.74, 6) is 1.41. The molecule has 0 unspecified atom stereocenters. The van der Waals surface area contributed by atoms with E-state index in [1.54, 1.807) is 0 Å². The lowest BCUT2D eigenvalue weighted by molar-refractivity contribution is 0.869. The second kappa shape index (κ2) is 4.26. The Morgan fingerprint density at radius 2 is 2.00 bits per heavy atom. The van der Waals surface area contributed by atoms with Crippen LogP contribution in [0.1, 0.15) is 24.6 Å². The Kier molecular flexibility index (Phi) is 2.89. The molecule has 1 fully saturated rings. The van der Waals surface area contributed by atoms with Gasteiger partial charge in [0.05, 0.1) is 5.69 Å². The molecule has 0 N–H and O–H groups in total. The molecular formula is C11H8BrCl2N3. The molecule has 1 aliphatic carbocycles. The average molecular weight is 333 g/mol. The second-order valence-corrected chi connectivity index (χ2v) is 5.66. The van der Waals surface area contributed by atoms with Gasteiger partial charge in [0.25, 0.3) is 0 Å². The largest absolute Gasteiger partial charge is 0.268 e. The van der Waals surface area contributed by atoms with E-state index in [1.165, 1.54) is 0 Å². The standard InChI is InChI=1S/C11H8BrCl2N3/c12-8-5-7(13)3-4-9(8)17-10(6-1-2-6)15-16-11(17)14/h3-6H,1-2H2. The van der Waals surface area contributed by atoms with Crippen LogP contribution in [0.5, 0.6) is 0 Å². The summed E-state index contributed by atoms with van der Waals surface area (Å²) in [6, 6.07) is 5.58. The van der Waals surface area contributed by atoms with Gasteiger partial charge in [-0.05, 0) is 58.6 Å². The number of hydrogen-bond acceptors (Lipinski definition) is 2. The van der Waals surface area contributed by atoms with Crippen LogP contribution in [-0.4, -0.2) is 14.8 Å². The first-order valence-corrected chi connectivity index (χ1v) is 6.78. The first-order valence-electron chi connectivity index (χ1n) is 5.23. The van der Waals surface area contributed by atoms with Crippen LogP contribution in [0.4, 0.5) is 0 Å². The van der Waals surface area contributed by atoms with Gasteiger partial charge in [-0.2, -0.15) is 0 Å². The van der Waals surface area contributed by atoms with Crippen LogP contribution in [0, 0.1) is 0 Å². The molecule has 1 aliphatic rings. The molecule has 0 amide bonds. The van der Waals surface area contributed by atoms with Crippen molar-refractivity contribution < 1.29 is 0 Å². The molecule has 1 saturated carbocycles. The van der Waals surface area contributed by atoms with E-state index >= 15 is 0 Å². The first kappa shape index (κ1) is 11.5. The van der Waals surface area contributed by atoms with Crippen molar-refractivity contribution in [2.75, 3.05) is 0 Å². The Balaban J connectivity index is 2.16. The predicted octanol–water partition coefficient (Wildman–Crippen LogP) is 4.21. The van der Waals surface area contributed by atoms with Crippen LogP contribution in [0.15, 0.2) is 22.7 Å². The Bertz CT molecular complexity index is 578. The first-order chi connectivity index (χ1) is 8.16. The molecule has 1 heterocycles. The minimum Gasteiger partial charge on any atom is -0.268 e. The van der Waals surface area contributed by atoms with Gasteiger partial charge in [-0.15, -0.1) is 10.2 Å². The Morgan fingerprint density at radius 3 is 2.65 bits per heavy atom. The lowest BCUT2D eigenvalue weighted by Crippen LogP contribution is -2.01. The van der Waals surface area contributed by atoms with Crippen molar-refractivity contribution in [3.8, 4) is 5.69 Å². The molecule has 0 saturated heterocycles. The van der Waals surface area contributed by atoms with Crippen LogP contribution >= 0.6 is 39.1 Å². The van der Waals surface area contributed by atoms with E-state index in [1.807, 2.05) is 22.8 Å².